The highest BCUT2D eigenvalue weighted by Gasteiger charge is 2.31. The van der Waals surface area contributed by atoms with Gasteiger partial charge in [0.05, 0.1) is 10.5 Å². The highest BCUT2D eigenvalue weighted by atomic mass is 32.2. The quantitative estimate of drug-likeness (QED) is 0.737. The molecular formula is C19H18F3NO5S. The highest BCUT2D eigenvalue weighted by Crippen LogP contribution is 2.31. The Kier molecular flexibility index (Phi) is 5.85. The van der Waals surface area contributed by atoms with Gasteiger partial charge in [0.15, 0.2) is 6.61 Å². The van der Waals surface area contributed by atoms with Gasteiger partial charge in [0, 0.05) is 6.04 Å². The molecule has 0 fully saturated rings. The van der Waals surface area contributed by atoms with Gasteiger partial charge < -0.3 is 9.84 Å². The van der Waals surface area contributed by atoms with Gasteiger partial charge in [-0.05, 0) is 60.7 Å². The Hall–Kier alpha value is -2.59. The predicted molar refractivity (Wildman–Crippen MR) is 97.2 cm³/mol. The van der Waals surface area contributed by atoms with Crippen LogP contribution in [0.1, 0.15) is 23.1 Å². The van der Waals surface area contributed by atoms with Crippen molar-refractivity contribution in [1.82, 2.24) is 4.72 Å². The second-order valence-corrected chi connectivity index (χ2v) is 8.37. The first-order valence-electron chi connectivity index (χ1n) is 8.71. The van der Waals surface area contributed by atoms with E-state index in [0.717, 1.165) is 35.4 Å². The van der Waals surface area contributed by atoms with E-state index in [-0.39, 0.29) is 4.90 Å². The van der Waals surface area contributed by atoms with Crippen LogP contribution in [0.3, 0.4) is 0 Å². The minimum absolute atomic E-state index is 0.241. The Bertz CT molecular complexity index is 1000. The van der Waals surface area contributed by atoms with Crippen LogP contribution in [0.5, 0.6) is 5.75 Å². The zero-order chi connectivity index (χ0) is 21.2. The first-order valence-corrected chi connectivity index (χ1v) is 10.2. The molecule has 0 amide bonds. The van der Waals surface area contributed by atoms with Crippen LogP contribution in [-0.2, 0) is 33.8 Å². The summed E-state index contributed by atoms with van der Waals surface area (Å²) in [5.74, 6) is -0.644. The molecule has 156 valence electrons. The number of nitrogens with one attached hydrogen (secondary N) is 1. The maximum absolute atomic E-state index is 12.7. The normalized spacial score (nSPS) is 16.9. The van der Waals surface area contributed by atoms with Crippen molar-refractivity contribution in [3.63, 3.8) is 0 Å². The number of carbonyl (C=O) groups is 1. The zero-order valence-electron chi connectivity index (χ0n) is 15.1. The molecule has 3 rings (SSSR count). The first kappa shape index (κ1) is 21.1. The van der Waals surface area contributed by atoms with Gasteiger partial charge in [-0.1, -0.05) is 12.1 Å². The van der Waals surface area contributed by atoms with Gasteiger partial charge in [-0.15, -0.1) is 0 Å². The third-order valence-corrected chi connectivity index (χ3v) is 6.14. The van der Waals surface area contributed by atoms with E-state index in [4.69, 9.17) is 9.84 Å². The van der Waals surface area contributed by atoms with Crippen LogP contribution in [0.4, 0.5) is 13.2 Å². The Morgan fingerprint density at radius 3 is 2.48 bits per heavy atom. The molecule has 1 aliphatic rings. The molecule has 0 aliphatic heterocycles. The number of sulfonamides is 1. The van der Waals surface area contributed by atoms with Crippen LogP contribution in [-0.4, -0.2) is 32.1 Å². The van der Waals surface area contributed by atoms with Gasteiger partial charge >= 0.3 is 12.1 Å². The summed E-state index contributed by atoms with van der Waals surface area (Å²) >= 11 is 0. The van der Waals surface area contributed by atoms with E-state index >= 15 is 0 Å². The summed E-state index contributed by atoms with van der Waals surface area (Å²) < 4.78 is 70.8. The fourth-order valence-corrected chi connectivity index (χ4v) is 4.53. The molecule has 0 heterocycles. The number of ether oxygens (including phenoxy) is 1. The predicted octanol–water partition coefficient (Wildman–Crippen LogP) is 3.00. The smallest absolute Gasteiger partial charge is 0.416 e. The number of fused-ring (bicyclic) bond motifs is 1. The van der Waals surface area contributed by atoms with Crippen LogP contribution in [0.25, 0.3) is 0 Å². The molecule has 0 bridgehead atoms. The van der Waals surface area contributed by atoms with Gasteiger partial charge in [0.25, 0.3) is 0 Å². The minimum atomic E-state index is -4.54. The largest absolute Gasteiger partial charge is 0.482 e. The second kappa shape index (κ2) is 8.03. The number of aliphatic carboxylic acids is 1. The molecule has 0 spiro atoms. The zero-order valence-corrected chi connectivity index (χ0v) is 15.9. The van der Waals surface area contributed by atoms with Gasteiger partial charge in [-0.2, -0.15) is 13.2 Å². The van der Waals surface area contributed by atoms with E-state index in [0.29, 0.717) is 25.0 Å². The van der Waals surface area contributed by atoms with Crippen molar-refractivity contribution in [2.24, 2.45) is 0 Å². The van der Waals surface area contributed by atoms with Crippen LogP contribution in [0.15, 0.2) is 47.4 Å². The lowest BCUT2D eigenvalue weighted by Gasteiger charge is -2.26. The first-order chi connectivity index (χ1) is 13.6. The molecular weight excluding hydrogens is 411 g/mol. The number of hydrogen-bond donors (Lipinski definition) is 2. The van der Waals surface area contributed by atoms with Crippen molar-refractivity contribution in [2.45, 2.75) is 36.4 Å². The van der Waals surface area contributed by atoms with E-state index in [9.17, 15) is 26.4 Å². The summed E-state index contributed by atoms with van der Waals surface area (Å²) in [6.45, 7) is -0.472. The lowest BCUT2D eigenvalue weighted by atomic mass is 9.88. The van der Waals surface area contributed by atoms with Crippen molar-refractivity contribution in [2.75, 3.05) is 6.61 Å². The second-order valence-electron chi connectivity index (χ2n) is 6.66. The van der Waals surface area contributed by atoms with Crippen LogP contribution >= 0.6 is 0 Å². The third kappa shape index (κ3) is 5.07. The van der Waals surface area contributed by atoms with Crippen molar-refractivity contribution >= 4 is 16.0 Å². The number of hydrogen-bond acceptors (Lipinski definition) is 4. The fraction of sp³-hybridized carbons (Fsp3) is 0.316. The number of halogens is 3. The van der Waals surface area contributed by atoms with Crippen LogP contribution in [0, 0.1) is 0 Å². The summed E-state index contributed by atoms with van der Waals surface area (Å²) in [7, 11) is -3.98. The van der Waals surface area contributed by atoms with E-state index in [1.165, 1.54) is 0 Å². The average molecular weight is 429 g/mol. The number of alkyl halides is 3. The molecule has 10 heteroatoms. The summed E-state index contributed by atoms with van der Waals surface area (Å²) in [6, 6.07) is 8.05. The van der Waals surface area contributed by atoms with E-state index in [1.54, 1.807) is 12.1 Å². The molecule has 1 atom stereocenters. The molecule has 0 aromatic heterocycles. The van der Waals surface area contributed by atoms with E-state index in [2.05, 4.69) is 4.72 Å². The number of carboxylic acids is 1. The van der Waals surface area contributed by atoms with E-state index < -0.39 is 40.4 Å². The number of benzene rings is 2. The Morgan fingerprint density at radius 1 is 1.17 bits per heavy atom. The lowest BCUT2D eigenvalue weighted by molar-refractivity contribution is -0.139. The Morgan fingerprint density at radius 2 is 1.86 bits per heavy atom. The van der Waals surface area contributed by atoms with Gasteiger partial charge in [0.2, 0.25) is 10.0 Å². The maximum atomic E-state index is 12.7. The molecule has 0 radical (unpaired) electrons. The molecule has 0 saturated carbocycles. The fourth-order valence-electron chi connectivity index (χ4n) is 3.26. The van der Waals surface area contributed by atoms with Crippen molar-refractivity contribution in [3.8, 4) is 5.75 Å². The summed E-state index contributed by atoms with van der Waals surface area (Å²) in [5, 5.41) is 8.75. The Balaban J connectivity index is 1.72. The number of rotatable bonds is 6. The standard InChI is InChI=1S/C19H18F3NO5S/c20-19(21,22)13-4-7-15(8-5-13)29(26,27)23-14-6-9-16-12(10-14)2-1-3-17(16)28-11-18(24)25/h1-5,7-8,14,23H,6,9-11H2,(H,24,25). The summed E-state index contributed by atoms with van der Waals surface area (Å²) in [4.78, 5) is 10.5. The maximum Gasteiger partial charge on any atom is 0.416 e. The minimum Gasteiger partial charge on any atom is -0.482 e. The Labute approximate surface area is 165 Å². The van der Waals surface area contributed by atoms with Crippen LogP contribution < -0.4 is 9.46 Å². The van der Waals surface area contributed by atoms with E-state index in [1.807, 2.05) is 6.07 Å². The van der Waals surface area contributed by atoms with Gasteiger partial charge in [-0.25, -0.2) is 17.9 Å². The average Bonchev–Trinajstić information content (AvgIpc) is 2.65. The molecule has 2 aromatic carbocycles. The SMILES string of the molecule is O=C(O)COc1cccc2c1CCC(NS(=O)(=O)c1ccc(C(F)(F)F)cc1)C2. The van der Waals surface area contributed by atoms with Crippen LogP contribution in [0.2, 0.25) is 0 Å². The van der Waals surface area contributed by atoms with Gasteiger partial charge in [-0.3, -0.25) is 0 Å². The monoisotopic (exact) mass is 429 g/mol. The molecule has 1 aliphatic carbocycles. The molecule has 2 aromatic rings. The third-order valence-electron chi connectivity index (χ3n) is 4.60. The molecule has 0 saturated heterocycles. The topological polar surface area (TPSA) is 92.7 Å². The molecule has 29 heavy (non-hydrogen) atoms. The van der Waals surface area contributed by atoms with Crippen molar-refractivity contribution in [1.29, 1.82) is 0 Å². The molecule has 1 unspecified atom stereocenters. The molecule has 6 nitrogen and oxygen atoms in total. The van der Waals surface area contributed by atoms with Gasteiger partial charge in [0.1, 0.15) is 5.75 Å². The lowest BCUT2D eigenvalue weighted by Crippen LogP contribution is -2.38. The number of carboxylic acid groups (broad SMARTS) is 1. The van der Waals surface area contributed by atoms with Crippen molar-refractivity contribution < 1.29 is 36.2 Å². The molecule has 2 N–H and O–H groups in total. The summed E-state index contributed by atoms with van der Waals surface area (Å²) in [6.07, 6.45) is -3.26. The highest BCUT2D eigenvalue weighted by molar-refractivity contribution is 7.89. The summed E-state index contributed by atoms with van der Waals surface area (Å²) in [5.41, 5.74) is 0.745. The van der Waals surface area contributed by atoms with Crippen molar-refractivity contribution in [3.05, 3.63) is 59.2 Å².